The second-order valence-electron chi connectivity index (χ2n) is 5.70. The molecule has 0 saturated carbocycles. The first-order chi connectivity index (χ1) is 11.0. The van der Waals surface area contributed by atoms with Gasteiger partial charge < -0.3 is 21.1 Å². The predicted molar refractivity (Wildman–Crippen MR) is 92.5 cm³/mol. The van der Waals surface area contributed by atoms with Crippen LogP contribution in [0.1, 0.15) is 5.56 Å². The highest BCUT2D eigenvalue weighted by molar-refractivity contribution is 8.00. The van der Waals surface area contributed by atoms with Gasteiger partial charge in [0.1, 0.15) is 0 Å². The number of rotatable bonds is 7. The molecule has 2 atom stereocenters. The van der Waals surface area contributed by atoms with E-state index in [-0.39, 0.29) is 29.2 Å². The summed E-state index contributed by atoms with van der Waals surface area (Å²) in [6.07, 6.45) is -0.400. The Morgan fingerprint density at radius 2 is 1.91 bits per heavy atom. The predicted octanol–water partition coefficient (Wildman–Crippen LogP) is 0.363. The second-order valence-corrected chi connectivity index (χ2v) is 6.68. The summed E-state index contributed by atoms with van der Waals surface area (Å²) in [6, 6.07) is 7.57. The van der Waals surface area contributed by atoms with E-state index in [1.54, 1.807) is 0 Å². The zero-order valence-electron chi connectivity index (χ0n) is 13.2. The van der Waals surface area contributed by atoms with Gasteiger partial charge in [0.2, 0.25) is 11.8 Å². The van der Waals surface area contributed by atoms with Crippen LogP contribution in [0.25, 0.3) is 0 Å². The molecule has 2 unspecified atom stereocenters. The third-order valence-electron chi connectivity index (χ3n) is 3.67. The van der Waals surface area contributed by atoms with Crippen LogP contribution in [0.2, 0.25) is 0 Å². The molecular weight excluding hydrogens is 314 g/mol. The van der Waals surface area contributed by atoms with Crippen molar-refractivity contribution >= 4 is 29.3 Å². The lowest BCUT2D eigenvalue weighted by Gasteiger charge is -2.13. The summed E-state index contributed by atoms with van der Waals surface area (Å²) >= 11 is 1.27. The van der Waals surface area contributed by atoms with Crippen LogP contribution in [-0.2, 0) is 9.59 Å². The molecule has 1 aromatic carbocycles. The van der Waals surface area contributed by atoms with Gasteiger partial charge in [-0.1, -0.05) is 17.7 Å². The van der Waals surface area contributed by atoms with Crippen molar-refractivity contribution < 1.29 is 14.7 Å². The van der Waals surface area contributed by atoms with E-state index in [0.29, 0.717) is 19.6 Å². The molecular formula is C16H23N3O3S. The van der Waals surface area contributed by atoms with Crippen molar-refractivity contribution in [3.63, 3.8) is 0 Å². The van der Waals surface area contributed by atoms with Crippen LogP contribution in [-0.4, -0.2) is 54.2 Å². The first kappa shape index (κ1) is 17.8. The number of aliphatic hydroxyl groups excluding tert-OH is 1. The Morgan fingerprint density at radius 1 is 1.22 bits per heavy atom. The molecule has 2 amide bonds. The van der Waals surface area contributed by atoms with Crippen molar-refractivity contribution in [2.75, 3.05) is 36.5 Å². The molecule has 2 rings (SSSR count). The van der Waals surface area contributed by atoms with E-state index in [9.17, 15) is 14.7 Å². The van der Waals surface area contributed by atoms with Crippen LogP contribution in [0.3, 0.4) is 0 Å². The standard InChI is InChI=1S/C16H23N3O3S/c1-11-2-4-13(5-3-11)19-16(22)10-23-9-15(21)18-7-12-6-17-8-14(12)20/h2-5,12,14,17,20H,6-10H2,1H3,(H,18,21)(H,19,22). The number of nitrogens with one attached hydrogen (secondary N) is 3. The molecule has 23 heavy (non-hydrogen) atoms. The van der Waals surface area contributed by atoms with E-state index in [1.165, 1.54) is 11.8 Å². The highest BCUT2D eigenvalue weighted by Gasteiger charge is 2.24. The van der Waals surface area contributed by atoms with Crippen molar-refractivity contribution in [3.05, 3.63) is 29.8 Å². The van der Waals surface area contributed by atoms with Gasteiger partial charge >= 0.3 is 0 Å². The molecule has 1 aliphatic heterocycles. The van der Waals surface area contributed by atoms with Gasteiger partial charge in [-0.05, 0) is 19.1 Å². The largest absolute Gasteiger partial charge is 0.391 e. The number of carbonyl (C=O) groups excluding carboxylic acids is 2. The first-order valence-electron chi connectivity index (χ1n) is 7.64. The quantitative estimate of drug-likeness (QED) is 0.577. The van der Waals surface area contributed by atoms with Gasteiger partial charge in [-0.15, -0.1) is 11.8 Å². The zero-order chi connectivity index (χ0) is 16.7. The SMILES string of the molecule is Cc1ccc(NC(=O)CSCC(=O)NCC2CNCC2O)cc1. The molecule has 1 saturated heterocycles. The fraction of sp³-hybridized carbons (Fsp3) is 0.500. The second kappa shape index (κ2) is 8.90. The molecule has 4 N–H and O–H groups in total. The summed E-state index contributed by atoms with van der Waals surface area (Å²) in [5, 5.41) is 18.3. The third-order valence-corrected chi connectivity index (χ3v) is 4.60. The van der Waals surface area contributed by atoms with Crippen LogP contribution in [0, 0.1) is 12.8 Å². The van der Waals surface area contributed by atoms with Crippen LogP contribution in [0.5, 0.6) is 0 Å². The maximum absolute atomic E-state index is 11.8. The van der Waals surface area contributed by atoms with Crippen LogP contribution in [0.15, 0.2) is 24.3 Å². The highest BCUT2D eigenvalue weighted by atomic mass is 32.2. The van der Waals surface area contributed by atoms with Gasteiger partial charge in [0.25, 0.3) is 0 Å². The molecule has 1 aromatic rings. The molecule has 1 heterocycles. The number of thioether (sulfide) groups is 1. The summed E-state index contributed by atoms with van der Waals surface area (Å²) in [7, 11) is 0. The van der Waals surface area contributed by atoms with E-state index in [2.05, 4.69) is 16.0 Å². The zero-order valence-corrected chi connectivity index (χ0v) is 14.0. The van der Waals surface area contributed by atoms with Crippen molar-refractivity contribution in [2.24, 2.45) is 5.92 Å². The minimum atomic E-state index is -0.400. The summed E-state index contributed by atoms with van der Waals surface area (Å²) in [5.41, 5.74) is 1.89. The average Bonchev–Trinajstić information content (AvgIpc) is 2.93. The molecule has 7 heteroatoms. The van der Waals surface area contributed by atoms with Gasteiger partial charge in [-0.25, -0.2) is 0 Å². The number of hydrogen-bond acceptors (Lipinski definition) is 5. The molecule has 0 spiro atoms. The van der Waals surface area contributed by atoms with E-state index < -0.39 is 6.10 Å². The van der Waals surface area contributed by atoms with E-state index in [4.69, 9.17) is 0 Å². The van der Waals surface area contributed by atoms with Crippen molar-refractivity contribution in [1.82, 2.24) is 10.6 Å². The normalized spacial score (nSPS) is 20.3. The maximum Gasteiger partial charge on any atom is 0.234 e. The molecule has 1 fully saturated rings. The molecule has 126 valence electrons. The minimum absolute atomic E-state index is 0.0637. The molecule has 0 bridgehead atoms. The Kier molecular flexibility index (Phi) is 6.88. The number of amides is 2. The lowest BCUT2D eigenvalue weighted by molar-refractivity contribution is -0.118. The van der Waals surface area contributed by atoms with E-state index in [1.807, 2.05) is 31.2 Å². The Balaban J connectivity index is 1.59. The van der Waals surface area contributed by atoms with Gasteiger partial charge in [0.05, 0.1) is 17.6 Å². The fourth-order valence-corrected chi connectivity index (χ4v) is 2.94. The van der Waals surface area contributed by atoms with Crippen LogP contribution >= 0.6 is 11.8 Å². The Labute approximate surface area is 140 Å². The van der Waals surface area contributed by atoms with Crippen LogP contribution < -0.4 is 16.0 Å². The number of carbonyl (C=O) groups is 2. The molecule has 0 aromatic heterocycles. The van der Waals surface area contributed by atoms with Crippen molar-refractivity contribution in [3.8, 4) is 0 Å². The molecule has 6 nitrogen and oxygen atoms in total. The fourth-order valence-electron chi connectivity index (χ4n) is 2.29. The van der Waals surface area contributed by atoms with Gasteiger partial charge in [0, 0.05) is 31.2 Å². The molecule has 0 radical (unpaired) electrons. The highest BCUT2D eigenvalue weighted by Crippen LogP contribution is 2.10. The first-order valence-corrected chi connectivity index (χ1v) is 8.80. The summed E-state index contributed by atoms with van der Waals surface area (Å²) in [6.45, 7) is 3.74. The number of benzene rings is 1. The van der Waals surface area contributed by atoms with Crippen LogP contribution in [0.4, 0.5) is 5.69 Å². The monoisotopic (exact) mass is 337 g/mol. The Bertz CT molecular complexity index is 536. The molecule has 0 aliphatic carbocycles. The van der Waals surface area contributed by atoms with Gasteiger partial charge in [-0.3, -0.25) is 9.59 Å². The van der Waals surface area contributed by atoms with E-state index >= 15 is 0 Å². The maximum atomic E-state index is 11.8. The van der Waals surface area contributed by atoms with Gasteiger partial charge in [0.15, 0.2) is 0 Å². The summed E-state index contributed by atoms with van der Waals surface area (Å²) in [5.74, 6) is 0.292. The minimum Gasteiger partial charge on any atom is -0.391 e. The number of aryl methyl sites for hydroxylation is 1. The Hall–Kier alpha value is -1.57. The van der Waals surface area contributed by atoms with Crippen molar-refractivity contribution in [2.45, 2.75) is 13.0 Å². The number of aliphatic hydroxyl groups is 1. The third kappa shape index (κ3) is 6.21. The lowest BCUT2D eigenvalue weighted by atomic mass is 10.1. The lowest BCUT2D eigenvalue weighted by Crippen LogP contribution is -2.35. The number of hydrogen-bond donors (Lipinski definition) is 4. The Morgan fingerprint density at radius 3 is 2.57 bits per heavy atom. The molecule has 1 aliphatic rings. The number of β-amino-alcohol motifs (C(OH)–C–C–N with tert-alkyl or cyclic N) is 1. The number of anilines is 1. The van der Waals surface area contributed by atoms with Crippen molar-refractivity contribution in [1.29, 1.82) is 0 Å². The topological polar surface area (TPSA) is 90.5 Å². The van der Waals surface area contributed by atoms with Gasteiger partial charge in [-0.2, -0.15) is 0 Å². The smallest absolute Gasteiger partial charge is 0.234 e. The van der Waals surface area contributed by atoms with E-state index in [0.717, 1.165) is 11.3 Å². The summed E-state index contributed by atoms with van der Waals surface area (Å²) in [4.78, 5) is 23.5. The average molecular weight is 337 g/mol. The summed E-state index contributed by atoms with van der Waals surface area (Å²) < 4.78 is 0.